The zero-order valence-corrected chi connectivity index (χ0v) is 11.3. The standard InChI is InChI=1S/C13H25N3O/c1-10(2)7-12-9-16(13(17)15(12)3)11-5-4-6-14-8-11/h10-12,14H,4-9H2,1-3H3. The van der Waals surface area contributed by atoms with Crippen LogP contribution in [0.4, 0.5) is 4.79 Å². The number of rotatable bonds is 3. The van der Waals surface area contributed by atoms with Crippen LogP contribution in [0.2, 0.25) is 0 Å². The summed E-state index contributed by atoms with van der Waals surface area (Å²) in [5.74, 6) is 0.652. The first-order valence-electron chi connectivity index (χ1n) is 6.83. The number of carbonyl (C=O) groups excluding carboxylic acids is 1. The van der Waals surface area contributed by atoms with Gasteiger partial charge in [-0.2, -0.15) is 0 Å². The summed E-state index contributed by atoms with van der Waals surface area (Å²) in [6.45, 7) is 7.43. The molecule has 0 radical (unpaired) electrons. The largest absolute Gasteiger partial charge is 0.323 e. The van der Waals surface area contributed by atoms with Crippen molar-refractivity contribution >= 4 is 6.03 Å². The van der Waals surface area contributed by atoms with Gasteiger partial charge in [-0.3, -0.25) is 0 Å². The van der Waals surface area contributed by atoms with Crippen molar-refractivity contribution in [2.45, 2.75) is 45.2 Å². The number of carbonyl (C=O) groups is 1. The molecule has 98 valence electrons. The molecule has 0 bridgehead atoms. The molecule has 0 aromatic heterocycles. The van der Waals surface area contributed by atoms with Gasteiger partial charge in [0.15, 0.2) is 0 Å². The van der Waals surface area contributed by atoms with Gasteiger partial charge in [0.1, 0.15) is 0 Å². The number of nitrogens with one attached hydrogen (secondary N) is 1. The van der Waals surface area contributed by atoms with Gasteiger partial charge < -0.3 is 15.1 Å². The van der Waals surface area contributed by atoms with E-state index >= 15 is 0 Å². The van der Waals surface area contributed by atoms with Crippen molar-refractivity contribution in [3.8, 4) is 0 Å². The van der Waals surface area contributed by atoms with E-state index < -0.39 is 0 Å². The number of nitrogens with zero attached hydrogens (tertiary/aromatic N) is 2. The number of likely N-dealkylation sites (N-methyl/N-ethyl adjacent to an activating group) is 1. The van der Waals surface area contributed by atoms with E-state index in [2.05, 4.69) is 24.1 Å². The SMILES string of the molecule is CC(C)CC1CN(C2CCCNC2)C(=O)N1C. The van der Waals surface area contributed by atoms with Gasteiger partial charge in [0.05, 0.1) is 6.04 Å². The Balaban J connectivity index is 1.97. The molecule has 2 aliphatic heterocycles. The van der Waals surface area contributed by atoms with Crippen LogP contribution in [-0.2, 0) is 0 Å². The maximum absolute atomic E-state index is 12.2. The van der Waals surface area contributed by atoms with E-state index in [9.17, 15) is 4.79 Å². The van der Waals surface area contributed by atoms with Gasteiger partial charge in [0.2, 0.25) is 0 Å². The first kappa shape index (κ1) is 12.7. The fraction of sp³-hybridized carbons (Fsp3) is 0.923. The first-order valence-corrected chi connectivity index (χ1v) is 6.83. The molecular formula is C13H25N3O. The zero-order chi connectivity index (χ0) is 12.4. The number of urea groups is 1. The van der Waals surface area contributed by atoms with Crippen LogP contribution in [0, 0.1) is 5.92 Å². The molecule has 2 unspecified atom stereocenters. The molecule has 2 amide bonds. The highest BCUT2D eigenvalue weighted by atomic mass is 16.2. The van der Waals surface area contributed by atoms with Crippen LogP contribution < -0.4 is 5.32 Å². The minimum atomic E-state index is 0.226. The average molecular weight is 239 g/mol. The van der Waals surface area contributed by atoms with Gasteiger partial charge in [-0.25, -0.2) is 4.79 Å². The Morgan fingerprint density at radius 2 is 2.24 bits per heavy atom. The third-order valence-electron chi connectivity index (χ3n) is 3.96. The summed E-state index contributed by atoms with van der Waals surface area (Å²) >= 11 is 0. The van der Waals surface area contributed by atoms with Gasteiger partial charge in [-0.15, -0.1) is 0 Å². The van der Waals surface area contributed by atoms with Crippen LogP contribution in [0.1, 0.15) is 33.1 Å². The Bertz CT molecular complexity index is 274. The van der Waals surface area contributed by atoms with Crippen LogP contribution in [0.3, 0.4) is 0 Å². The Morgan fingerprint density at radius 1 is 1.47 bits per heavy atom. The van der Waals surface area contributed by atoms with Crippen molar-refractivity contribution in [1.82, 2.24) is 15.1 Å². The maximum Gasteiger partial charge on any atom is 0.320 e. The first-order chi connectivity index (χ1) is 8.09. The fourth-order valence-electron chi connectivity index (χ4n) is 2.97. The lowest BCUT2D eigenvalue weighted by atomic mass is 10.0. The monoisotopic (exact) mass is 239 g/mol. The van der Waals surface area contributed by atoms with Crippen molar-refractivity contribution in [3.05, 3.63) is 0 Å². The number of hydrogen-bond donors (Lipinski definition) is 1. The molecule has 1 N–H and O–H groups in total. The Kier molecular flexibility index (Phi) is 3.92. The molecule has 17 heavy (non-hydrogen) atoms. The van der Waals surface area contributed by atoms with Crippen molar-refractivity contribution in [3.63, 3.8) is 0 Å². The van der Waals surface area contributed by atoms with E-state index in [1.807, 2.05) is 11.9 Å². The lowest BCUT2D eigenvalue weighted by Crippen LogP contribution is -2.47. The van der Waals surface area contributed by atoms with Crippen molar-refractivity contribution in [1.29, 1.82) is 0 Å². The van der Waals surface area contributed by atoms with E-state index in [1.165, 1.54) is 6.42 Å². The Morgan fingerprint density at radius 3 is 2.82 bits per heavy atom. The molecule has 0 aromatic carbocycles. The van der Waals surface area contributed by atoms with Gasteiger partial charge in [0.25, 0.3) is 0 Å². The average Bonchev–Trinajstić information content (AvgIpc) is 2.58. The van der Waals surface area contributed by atoms with Gasteiger partial charge in [-0.1, -0.05) is 13.8 Å². The highest BCUT2D eigenvalue weighted by molar-refractivity contribution is 5.77. The third kappa shape index (κ3) is 2.73. The second kappa shape index (κ2) is 5.25. The summed E-state index contributed by atoms with van der Waals surface area (Å²) < 4.78 is 0. The molecule has 2 aliphatic rings. The molecule has 2 heterocycles. The maximum atomic E-state index is 12.2. The van der Waals surface area contributed by atoms with E-state index in [0.29, 0.717) is 18.0 Å². The predicted octanol–water partition coefficient (Wildman–Crippen LogP) is 1.52. The van der Waals surface area contributed by atoms with Gasteiger partial charge >= 0.3 is 6.03 Å². The highest BCUT2D eigenvalue weighted by Gasteiger charge is 2.38. The van der Waals surface area contributed by atoms with Gasteiger partial charge in [-0.05, 0) is 31.7 Å². The lowest BCUT2D eigenvalue weighted by Gasteiger charge is -2.31. The lowest BCUT2D eigenvalue weighted by molar-refractivity contribution is 0.171. The van der Waals surface area contributed by atoms with Crippen LogP contribution in [0.25, 0.3) is 0 Å². The van der Waals surface area contributed by atoms with Crippen molar-refractivity contribution < 1.29 is 4.79 Å². The van der Waals surface area contributed by atoms with Crippen LogP contribution in [-0.4, -0.2) is 54.6 Å². The van der Waals surface area contributed by atoms with Crippen LogP contribution in [0.5, 0.6) is 0 Å². The second-order valence-electron chi connectivity index (χ2n) is 5.83. The van der Waals surface area contributed by atoms with Crippen molar-refractivity contribution in [2.24, 2.45) is 5.92 Å². The number of piperidine rings is 1. The molecule has 4 nitrogen and oxygen atoms in total. The van der Waals surface area contributed by atoms with E-state index in [-0.39, 0.29) is 6.03 Å². The molecule has 0 spiro atoms. The highest BCUT2D eigenvalue weighted by Crippen LogP contribution is 2.24. The molecule has 2 saturated heterocycles. The molecular weight excluding hydrogens is 214 g/mol. The fourth-order valence-corrected chi connectivity index (χ4v) is 2.97. The zero-order valence-electron chi connectivity index (χ0n) is 11.3. The Hall–Kier alpha value is -0.770. The summed E-state index contributed by atoms with van der Waals surface area (Å²) in [5.41, 5.74) is 0. The normalized spacial score (nSPS) is 30.5. The molecule has 2 atom stereocenters. The quantitative estimate of drug-likeness (QED) is 0.810. The third-order valence-corrected chi connectivity index (χ3v) is 3.96. The minimum Gasteiger partial charge on any atom is -0.323 e. The number of hydrogen-bond acceptors (Lipinski definition) is 2. The summed E-state index contributed by atoms with van der Waals surface area (Å²) in [4.78, 5) is 16.2. The summed E-state index contributed by atoms with van der Waals surface area (Å²) in [7, 11) is 1.95. The van der Waals surface area contributed by atoms with E-state index in [0.717, 1.165) is 32.5 Å². The summed E-state index contributed by atoms with van der Waals surface area (Å²) in [6.07, 6.45) is 3.45. The Labute approximate surface area is 104 Å². The second-order valence-corrected chi connectivity index (χ2v) is 5.83. The van der Waals surface area contributed by atoms with E-state index in [4.69, 9.17) is 0 Å². The summed E-state index contributed by atoms with van der Waals surface area (Å²) in [6, 6.07) is 1.05. The molecule has 2 fully saturated rings. The van der Waals surface area contributed by atoms with Crippen LogP contribution >= 0.6 is 0 Å². The van der Waals surface area contributed by atoms with Gasteiger partial charge in [0, 0.05) is 26.2 Å². The molecule has 0 saturated carbocycles. The topological polar surface area (TPSA) is 35.6 Å². The van der Waals surface area contributed by atoms with Crippen molar-refractivity contribution in [2.75, 3.05) is 26.7 Å². The van der Waals surface area contributed by atoms with Crippen LogP contribution in [0.15, 0.2) is 0 Å². The smallest absolute Gasteiger partial charge is 0.320 e. The molecule has 2 rings (SSSR count). The number of amides is 2. The molecule has 0 aliphatic carbocycles. The predicted molar refractivity (Wildman–Crippen MR) is 69.0 cm³/mol. The molecule has 0 aromatic rings. The minimum absolute atomic E-state index is 0.226. The summed E-state index contributed by atoms with van der Waals surface area (Å²) in [5, 5.41) is 3.39. The van der Waals surface area contributed by atoms with E-state index in [1.54, 1.807) is 0 Å². The molecule has 4 heteroatoms.